The Labute approximate surface area is 169 Å². The number of hydrogen-bond acceptors (Lipinski definition) is 0. The molecule has 4 heteroatoms. The van der Waals surface area contributed by atoms with E-state index in [1.54, 1.807) is 0 Å². The van der Waals surface area contributed by atoms with Gasteiger partial charge in [-0.15, -0.1) is 0 Å². The zero-order valence-electron chi connectivity index (χ0n) is 5.59. The Morgan fingerprint density at radius 2 is 1.31 bits per heavy atom. The van der Waals surface area contributed by atoms with Crippen molar-refractivity contribution in [1.29, 1.82) is 0 Å². The average Bonchev–Trinajstić information content (AvgIpc) is 1.90. The maximum atomic E-state index is 3.83. The fourth-order valence-corrected chi connectivity index (χ4v) is 0.723. The van der Waals surface area contributed by atoms with Crippen LogP contribution in [-0.4, -0.2) is 118 Å². The van der Waals surface area contributed by atoms with Crippen LogP contribution < -0.4 is 0 Å². The van der Waals surface area contributed by atoms with Gasteiger partial charge < -0.3 is 0 Å². The third kappa shape index (κ3) is 11.2. The Morgan fingerprint density at radius 3 is 1.54 bits per heavy atom. The van der Waals surface area contributed by atoms with Gasteiger partial charge in [0.15, 0.2) is 0 Å². The Hall–Kier alpha value is 2.96. The molecule has 0 aromatic heterocycles. The minimum atomic E-state index is 0. The Kier molecular flexibility index (Phi) is 28.7. The van der Waals surface area contributed by atoms with Gasteiger partial charge in [-0.1, -0.05) is 42.5 Å². The van der Waals surface area contributed by atoms with Crippen LogP contribution in [0.2, 0.25) is 0 Å². The molecule has 0 amide bonds. The molecule has 0 aliphatic rings. The van der Waals surface area contributed by atoms with Gasteiger partial charge in [-0.3, -0.25) is 0 Å². The van der Waals surface area contributed by atoms with E-state index in [0.717, 1.165) is 5.57 Å². The second kappa shape index (κ2) is 15.0. The molecular formula is C9H14Na4. The number of hydrogen-bond donors (Lipinski definition) is 0. The van der Waals surface area contributed by atoms with Gasteiger partial charge in [-0.2, -0.15) is 0 Å². The molecule has 0 radical (unpaired) electrons. The van der Waals surface area contributed by atoms with Crippen LogP contribution in [0.25, 0.3) is 5.57 Å². The molecule has 0 bridgehead atoms. The molecule has 0 saturated heterocycles. The van der Waals surface area contributed by atoms with E-state index < -0.39 is 0 Å². The van der Waals surface area contributed by atoms with E-state index in [1.807, 2.05) is 25.1 Å². The third-order valence-electron chi connectivity index (χ3n) is 1.27. The molecule has 0 aliphatic heterocycles. The molecule has 54 valence electrons. The summed E-state index contributed by atoms with van der Waals surface area (Å²) in [7, 11) is 0. The summed E-state index contributed by atoms with van der Waals surface area (Å²) in [6.07, 6.45) is 0. The fraction of sp³-hybridized carbons (Fsp3) is 0.111. The Bertz CT molecular complexity index is 208. The van der Waals surface area contributed by atoms with E-state index >= 15 is 0 Å². The molecular weight excluding hydrogens is 200 g/mol. The van der Waals surface area contributed by atoms with Crippen molar-refractivity contribution in [3.05, 3.63) is 42.5 Å². The zero-order valence-corrected chi connectivity index (χ0v) is 5.59. The molecule has 0 N–H and O–H groups in total. The molecule has 0 aliphatic carbocycles. The summed E-state index contributed by atoms with van der Waals surface area (Å²) < 4.78 is 0. The zero-order chi connectivity index (χ0) is 6.69. The summed E-state index contributed by atoms with van der Waals surface area (Å²) in [5.74, 6) is 0. The first-order valence-corrected chi connectivity index (χ1v) is 3.01. The van der Waals surface area contributed by atoms with Crippen molar-refractivity contribution in [3.63, 3.8) is 0 Å². The van der Waals surface area contributed by atoms with E-state index in [1.165, 1.54) is 5.56 Å². The van der Waals surface area contributed by atoms with Crippen molar-refractivity contribution in [2.24, 2.45) is 0 Å². The predicted octanol–water partition coefficient (Wildman–Crippen LogP) is 0.126. The van der Waals surface area contributed by atoms with Crippen LogP contribution in [0.4, 0.5) is 0 Å². The molecule has 0 saturated carbocycles. The van der Waals surface area contributed by atoms with Crippen LogP contribution >= 0.6 is 0 Å². The van der Waals surface area contributed by atoms with E-state index in [9.17, 15) is 0 Å². The van der Waals surface area contributed by atoms with Gasteiger partial charge in [0.1, 0.15) is 0 Å². The summed E-state index contributed by atoms with van der Waals surface area (Å²) in [5, 5.41) is 0. The minimum absolute atomic E-state index is 0. The average molecular weight is 214 g/mol. The second-order valence-electron chi connectivity index (χ2n) is 2.15. The molecule has 0 nitrogen and oxygen atoms in total. The van der Waals surface area contributed by atoms with Crippen LogP contribution in [0.3, 0.4) is 0 Å². The standard InChI is InChI=1S/C9H10.4Na.4H/c1-8(2)9-6-4-3-5-7-9;;;;;;;;/h3-7H,1H2,2H3;;;;;;;;. The molecule has 0 heterocycles. The van der Waals surface area contributed by atoms with Crippen LogP contribution in [0.15, 0.2) is 36.9 Å². The van der Waals surface area contributed by atoms with Crippen LogP contribution in [0.5, 0.6) is 0 Å². The molecule has 1 rings (SSSR count). The van der Waals surface area contributed by atoms with E-state index in [2.05, 4.69) is 18.7 Å². The molecule has 13 heavy (non-hydrogen) atoms. The third-order valence-corrected chi connectivity index (χ3v) is 1.27. The summed E-state index contributed by atoms with van der Waals surface area (Å²) in [6.45, 7) is 5.83. The second-order valence-corrected chi connectivity index (χ2v) is 2.15. The van der Waals surface area contributed by atoms with Crippen molar-refractivity contribution < 1.29 is 0 Å². The quantitative estimate of drug-likeness (QED) is 0.583. The van der Waals surface area contributed by atoms with Crippen molar-refractivity contribution in [1.82, 2.24) is 0 Å². The molecule has 0 atom stereocenters. The summed E-state index contributed by atoms with van der Waals surface area (Å²) in [5.41, 5.74) is 2.34. The van der Waals surface area contributed by atoms with Crippen LogP contribution in [-0.2, 0) is 0 Å². The molecule has 0 fully saturated rings. The predicted molar refractivity (Wildman–Crippen MR) is 69.7 cm³/mol. The van der Waals surface area contributed by atoms with Gasteiger partial charge in [0.2, 0.25) is 0 Å². The topological polar surface area (TPSA) is 0 Å². The van der Waals surface area contributed by atoms with Crippen LogP contribution in [0, 0.1) is 0 Å². The Morgan fingerprint density at radius 1 is 0.923 bits per heavy atom. The van der Waals surface area contributed by atoms with Gasteiger partial charge in [0.05, 0.1) is 0 Å². The monoisotopic (exact) mass is 214 g/mol. The van der Waals surface area contributed by atoms with Gasteiger partial charge in [-0.25, -0.2) is 0 Å². The fourth-order valence-electron chi connectivity index (χ4n) is 0.723. The number of benzene rings is 1. The van der Waals surface area contributed by atoms with Crippen molar-refractivity contribution in [2.45, 2.75) is 6.92 Å². The van der Waals surface area contributed by atoms with E-state index in [4.69, 9.17) is 0 Å². The van der Waals surface area contributed by atoms with Gasteiger partial charge in [0.25, 0.3) is 0 Å². The summed E-state index contributed by atoms with van der Waals surface area (Å²) >= 11 is 0. The van der Waals surface area contributed by atoms with E-state index in [-0.39, 0.29) is 118 Å². The molecule has 0 unspecified atom stereocenters. The van der Waals surface area contributed by atoms with Crippen molar-refractivity contribution >= 4 is 124 Å². The van der Waals surface area contributed by atoms with E-state index in [0.29, 0.717) is 0 Å². The first kappa shape index (κ1) is 25.0. The molecule has 1 aromatic rings. The first-order chi connectivity index (χ1) is 4.30. The maximum absolute atomic E-state index is 3.83. The first-order valence-electron chi connectivity index (χ1n) is 3.01. The van der Waals surface area contributed by atoms with Gasteiger partial charge in [0, 0.05) is 0 Å². The van der Waals surface area contributed by atoms with Gasteiger partial charge >= 0.3 is 118 Å². The number of rotatable bonds is 1. The SMILES string of the molecule is C=C(C)c1ccccc1.[NaH].[NaH].[NaH].[NaH]. The van der Waals surface area contributed by atoms with Crippen molar-refractivity contribution in [3.8, 4) is 0 Å². The number of allylic oxidation sites excluding steroid dienone is 1. The summed E-state index contributed by atoms with van der Waals surface area (Å²) in [6, 6.07) is 10.2. The van der Waals surface area contributed by atoms with Gasteiger partial charge in [-0.05, 0) is 12.5 Å². The molecule has 0 spiro atoms. The Balaban J connectivity index is -0.000000101. The normalized spacial score (nSPS) is 6.23. The molecule has 1 aromatic carbocycles. The van der Waals surface area contributed by atoms with Crippen molar-refractivity contribution in [2.75, 3.05) is 0 Å². The van der Waals surface area contributed by atoms with Crippen LogP contribution in [0.1, 0.15) is 12.5 Å². The summed E-state index contributed by atoms with van der Waals surface area (Å²) in [4.78, 5) is 0.